The van der Waals surface area contributed by atoms with Crippen molar-refractivity contribution in [3.05, 3.63) is 57.6 Å². The van der Waals surface area contributed by atoms with Crippen molar-refractivity contribution in [1.82, 2.24) is 5.32 Å². The summed E-state index contributed by atoms with van der Waals surface area (Å²) in [6.07, 6.45) is 0.559. The van der Waals surface area contributed by atoms with Crippen LogP contribution in [0.25, 0.3) is 0 Å². The fourth-order valence-corrected chi connectivity index (χ4v) is 3.01. The molecule has 4 nitrogen and oxygen atoms in total. The minimum Gasteiger partial charge on any atom is -0.454 e. The molecule has 1 amide bonds. The minimum absolute atomic E-state index is 0.0290. The molecule has 0 aromatic heterocycles. The Labute approximate surface area is 150 Å². The number of nitrogens with one attached hydrogen (secondary N) is 1. The van der Waals surface area contributed by atoms with Gasteiger partial charge in [0.1, 0.15) is 0 Å². The van der Waals surface area contributed by atoms with E-state index in [1.165, 1.54) is 0 Å². The molecule has 0 bridgehead atoms. The largest absolute Gasteiger partial charge is 0.454 e. The van der Waals surface area contributed by atoms with Crippen LogP contribution in [0.2, 0.25) is 10.0 Å². The second kappa shape index (κ2) is 7.32. The summed E-state index contributed by atoms with van der Waals surface area (Å²) in [6, 6.07) is 11.0. The van der Waals surface area contributed by atoms with E-state index < -0.39 is 0 Å². The fraction of sp³-hybridized carbons (Fsp3) is 0.278. The first-order valence-electron chi connectivity index (χ1n) is 7.63. The first kappa shape index (κ1) is 16.9. The van der Waals surface area contributed by atoms with Gasteiger partial charge in [-0.3, -0.25) is 4.79 Å². The maximum Gasteiger partial charge on any atom is 0.231 e. The van der Waals surface area contributed by atoms with Crippen LogP contribution in [-0.2, 0) is 17.8 Å². The lowest BCUT2D eigenvalue weighted by Gasteiger charge is -2.13. The van der Waals surface area contributed by atoms with Crippen LogP contribution in [0.1, 0.15) is 18.1 Å². The Kier molecular flexibility index (Phi) is 5.17. The third kappa shape index (κ3) is 3.94. The monoisotopic (exact) mass is 365 g/mol. The van der Waals surface area contributed by atoms with Gasteiger partial charge in [-0.15, -0.1) is 0 Å². The van der Waals surface area contributed by atoms with E-state index in [-0.39, 0.29) is 18.6 Å². The van der Waals surface area contributed by atoms with E-state index in [0.717, 1.165) is 16.9 Å². The molecule has 1 aliphatic heterocycles. The SMILES string of the molecule is CC(Cc1ccc(Cl)cc1Cl)C(=O)NCc1ccc2c(c1)OCO2. The van der Waals surface area contributed by atoms with E-state index in [2.05, 4.69) is 5.32 Å². The number of amides is 1. The summed E-state index contributed by atoms with van der Waals surface area (Å²) in [4.78, 5) is 12.3. The molecule has 24 heavy (non-hydrogen) atoms. The molecule has 1 unspecified atom stereocenters. The lowest BCUT2D eigenvalue weighted by atomic mass is 10.00. The van der Waals surface area contributed by atoms with Crippen molar-refractivity contribution in [3.8, 4) is 11.5 Å². The molecule has 0 spiro atoms. The first-order valence-corrected chi connectivity index (χ1v) is 8.38. The molecule has 1 N–H and O–H groups in total. The van der Waals surface area contributed by atoms with Crippen molar-refractivity contribution >= 4 is 29.1 Å². The second-order valence-electron chi connectivity index (χ2n) is 5.75. The predicted octanol–water partition coefficient (Wildman–Crippen LogP) is 4.22. The zero-order valence-corrected chi connectivity index (χ0v) is 14.7. The van der Waals surface area contributed by atoms with Crippen LogP contribution in [0, 0.1) is 5.92 Å². The van der Waals surface area contributed by atoms with Gasteiger partial charge >= 0.3 is 0 Å². The van der Waals surface area contributed by atoms with Gasteiger partial charge < -0.3 is 14.8 Å². The number of ether oxygens (including phenoxy) is 2. The summed E-state index contributed by atoms with van der Waals surface area (Å²) in [6.45, 7) is 2.55. The van der Waals surface area contributed by atoms with Crippen LogP contribution < -0.4 is 14.8 Å². The number of fused-ring (bicyclic) bond motifs is 1. The smallest absolute Gasteiger partial charge is 0.231 e. The normalized spacial score (nSPS) is 13.6. The van der Waals surface area contributed by atoms with E-state index in [9.17, 15) is 4.79 Å². The van der Waals surface area contributed by atoms with Crippen molar-refractivity contribution in [2.45, 2.75) is 19.9 Å². The van der Waals surface area contributed by atoms with Crippen LogP contribution in [0.3, 0.4) is 0 Å². The Hall–Kier alpha value is -1.91. The molecule has 2 aromatic carbocycles. The van der Waals surface area contributed by atoms with E-state index >= 15 is 0 Å². The average molecular weight is 366 g/mol. The van der Waals surface area contributed by atoms with Crippen molar-refractivity contribution in [2.24, 2.45) is 5.92 Å². The Bertz CT molecular complexity index is 764. The lowest BCUT2D eigenvalue weighted by molar-refractivity contribution is -0.124. The molecule has 1 atom stereocenters. The molecular formula is C18H17Cl2NO3. The molecule has 0 saturated heterocycles. The van der Waals surface area contributed by atoms with Crippen LogP contribution in [0.5, 0.6) is 11.5 Å². The molecule has 0 fully saturated rings. The second-order valence-corrected chi connectivity index (χ2v) is 6.59. The van der Waals surface area contributed by atoms with Gasteiger partial charge in [0.05, 0.1) is 0 Å². The van der Waals surface area contributed by atoms with Gasteiger partial charge in [0.2, 0.25) is 12.7 Å². The molecular weight excluding hydrogens is 349 g/mol. The summed E-state index contributed by atoms with van der Waals surface area (Å²) < 4.78 is 10.6. The van der Waals surface area contributed by atoms with E-state index in [0.29, 0.717) is 28.8 Å². The highest BCUT2D eigenvalue weighted by Gasteiger charge is 2.17. The van der Waals surface area contributed by atoms with Crippen molar-refractivity contribution in [2.75, 3.05) is 6.79 Å². The molecule has 3 rings (SSSR count). The van der Waals surface area contributed by atoms with Crippen molar-refractivity contribution in [3.63, 3.8) is 0 Å². The number of rotatable bonds is 5. The van der Waals surface area contributed by atoms with Crippen molar-refractivity contribution in [1.29, 1.82) is 0 Å². The molecule has 0 radical (unpaired) electrons. The standard InChI is InChI=1S/C18H17Cl2NO3/c1-11(6-13-3-4-14(19)8-15(13)20)18(22)21-9-12-2-5-16-17(7-12)24-10-23-16/h2-5,7-8,11H,6,9-10H2,1H3,(H,21,22). The predicted molar refractivity (Wildman–Crippen MR) is 93.7 cm³/mol. The number of carbonyl (C=O) groups excluding carboxylic acids is 1. The summed E-state index contributed by atoms with van der Waals surface area (Å²) in [5.41, 5.74) is 1.87. The fourth-order valence-electron chi connectivity index (χ4n) is 2.52. The minimum atomic E-state index is -0.197. The number of benzene rings is 2. The number of hydrogen-bond acceptors (Lipinski definition) is 3. The topological polar surface area (TPSA) is 47.6 Å². The number of hydrogen-bond donors (Lipinski definition) is 1. The highest BCUT2D eigenvalue weighted by atomic mass is 35.5. The highest BCUT2D eigenvalue weighted by Crippen LogP contribution is 2.32. The zero-order valence-electron chi connectivity index (χ0n) is 13.1. The number of carbonyl (C=O) groups is 1. The quantitative estimate of drug-likeness (QED) is 0.862. The van der Waals surface area contributed by atoms with Crippen LogP contribution in [-0.4, -0.2) is 12.7 Å². The average Bonchev–Trinajstić information content (AvgIpc) is 3.02. The number of halogens is 2. The Morgan fingerprint density at radius 1 is 1.17 bits per heavy atom. The Morgan fingerprint density at radius 3 is 2.75 bits per heavy atom. The molecule has 126 valence electrons. The molecule has 1 aliphatic rings. The molecule has 0 aliphatic carbocycles. The van der Waals surface area contributed by atoms with Gasteiger partial charge in [-0.1, -0.05) is 42.3 Å². The van der Waals surface area contributed by atoms with E-state index in [1.807, 2.05) is 31.2 Å². The maximum atomic E-state index is 12.3. The molecule has 0 saturated carbocycles. The third-order valence-electron chi connectivity index (χ3n) is 3.89. The Balaban J connectivity index is 1.56. The van der Waals surface area contributed by atoms with Gasteiger partial charge in [-0.25, -0.2) is 0 Å². The van der Waals surface area contributed by atoms with E-state index in [4.69, 9.17) is 32.7 Å². The lowest BCUT2D eigenvalue weighted by Crippen LogP contribution is -2.29. The molecule has 6 heteroatoms. The summed E-state index contributed by atoms with van der Waals surface area (Å²) >= 11 is 12.1. The van der Waals surface area contributed by atoms with Gasteiger partial charge in [0.25, 0.3) is 0 Å². The summed E-state index contributed by atoms with van der Waals surface area (Å²) in [7, 11) is 0. The Morgan fingerprint density at radius 2 is 1.96 bits per heavy atom. The first-order chi connectivity index (χ1) is 11.5. The molecule has 2 aromatic rings. The van der Waals surface area contributed by atoms with Gasteiger partial charge in [-0.05, 0) is 41.8 Å². The third-order valence-corrected chi connectivity index (χ3v) is 4.48. The highest BCUT2D eigenvalue weighted by molar-refractivity contribution is 6.35. The summed E-state index contributed by atoms with van der Waals surface area (Å²) in [5.74, 6) is 1.22. The van der Waals surface area contributed by atoms with Crippen LogP contribution in [0.4, 0.5) is 0 Å². The van der Waals surface area contributed by atoms with Crippen LogP contribution in [0.15, 0.2) is 36.4 Å². The van der Waals surface area contributed by atoms with Gasteiger partial charge in [-0.2, -0.15) is 0 Å². The summed E-state index contributed by atoms with van der Waals surface area (Å²) in [5, 5.41) is 4.10. The van der Waals surface area contributed by atoms with Crippen molar-refractivity contribution < 1.29 is 14.3 Å². The molecule has 1 heterocycles. The maximum absolute atomic E-state index is 12.3. The van der Waals surface area contributed by atoms with Gasteiger partial charge in [0.15, 0.2) is 11.5 Å². The zero-order chi connectivity index (χ0) is 17.1. The van der Waals surface area contributed by atoms with E-state index in [1.54, 1.807) is 12.1 Å². The van der Waals surface area contributed by atoms with Crippen LogP contribution >= 0.6 is 23.2 Å². The van der Waals surface area contributed by atoms with Gasteiger partial charge in [0, 0.05) is 22.5 Å².